The van der Waals surface area contributed by atoms with Gasteiger partial charge in [-0.25, -0.2) is 4.98 Å². The summed E-state index contributed by atoms with van der Waals surface area (Å²) >= 11 is 1.30. The van der Waals surface area contributed by atoms with Crippen LogP contribution in [0.1, 0.15) is 16.8 Å². The van der Waals surface area contributed by atoms with E-state index in [-0.39, 0.29) is 18.1 Å². The number of ether oxygens (including phenoxy) is 1. The average Bonchev–Trinajstić information content (AvgIpc) is 3.05. The predicted molar refractivity (Wildman–Crippen MR) is 107 cm³/mol. The van der Waals surface area contributed by atoms with Crippen molar-refractivity contribution >= 4 is 33.8 Å². The fourth-order valence-corrected chi connectivity index (χ4v) is 3.27. The van der Waals surface area contributed by atoms with E-state index in [2.05, 4.69) is 20.4 Å². The predicted octanol–water partition coefficient (Wildman–Crippen LogP) is 5.58. The summed E-state index contributed by atoms with van der Waals surface area (Å²) in [5, 5.41) is 8.16. The molecule has 0 spiro atoms. The fourth-order valence-electron chi connectivity index (χ4n) is 2.54. The quantitative estimate of drug-likeness (QED) is 0.545. The molecular formula is C20H18F3N3O2S. The normalized spacial score (nSPS) is 11.2. The molecular weight excluding hydrogens is 403 g/mol. The van der Waals surface area contributed by atoms with Gasteiger partial charge in [-0.15, -0.1) is 24.5 Å². The third kappa shape index (κ3) is 6.21. The molecule has 0 saturated heterocycles. The van der Waals surface area contributed by atoms with E-state index in [1.807, 2.05) is 32.0 Å². The van der Waals surface area contributed by atoms with Gasteiger partial charge in [0, 0.05) is 16.8 Å². The summed E-state index contributed by atoms with van der Waals surface area (Å²) in [6.45, 7) is 3.88. The molecule has 1 aromatic heterocycles. The van der Waals surface area contributed by atoms with Crippen LogP contribution in [0.5, 0.6) is 5.75 Å². The van der Waals surface area contributed by atoms with Crippen molar-refractivity contribution in [3.05, 3.63) is 64.7 Å². The number of hydrogen-bond acceptors (Lipinski definition) is 5. The molecule has 9 heteroatoms. The van der Waals surface area contributed by atoms with E-state index in [4.69, 9.17) is 0 Å². The first-order valence-electron chi connectivity index (χ1n) is 8.62. The Hall–Kier alpha value is -3.07. The molecule has 2 aromatic carbocycles. The second kappa shape index (κ2) is 8.52. The van der Waals surface area contributed by atoms with Gasteiger partial charge in [-0.05, 0) is 55.3 Å². The van der Waals surface area contributed by atoms with E-state index >= 15 is 0 Å². The maximum atomic E-state index is 12.3. The Morgan fingerprint density at radius 2 is 1.86 bits per heavy atom. The molecule has 0 aliphatic rings. The molecule has 0 aliphatic heterocycles. The van der Waals surface area contributed by atoms with Crippen LogP contribution < -0.4 is 15.4 Å². The molecule has 1 heterocycles. The monoisotopic (exact) mass is 421 g/mol. The van der Waals surface area contributed by atoms with Crippen molar-refractivity contribution in [2.45, 2.75) is 26.6 Å². The third-order valence-corrected chi connectivity index (χ3v) is 4.71. The number of hydrogen-bond donors (Lipinski definition) is 2. The average molecular weight is 421 g/mol. The molecule has 3 aromatic rings. The molecule has 3 rings (SSSR count). The Morgan fingerprint density at radius 1 is 1.14 bits per heavy atom. The lowest BCUT2D eigenvalue weighted by atomic mass is 10.1. The molecule has 29 heavy (non-hydrogen) atoms. The van der Waals surface area contributed by atoms with E-state index < -0.39 is 6.36 Å². The van der Waals surface area contributed by atoms with Gasteiger partial charge >= 0.3 is 6.36 Å². The number of anilines is 3. The van der Waals surface area contributed by atoms with Crippen LogP contribution >= 0.6 is 11.3 Å². The number of benzene rings is 2. The first-order chi connectivity index (χ1) is 13.7. The summed E-state index contributed by atoms with van der Waals surface area (Å²) < 4.78 is 40.4. The molecule has 5 nitrogen and oxygen atoms in total. The van der Waals surface area contributed by atoms with Crippen LogP contribution in [0.25, 0.3) is 0 Å². The second-order valence-corrected chi connectivity index (χ2v) is 7.24. The summed E-state index contributed by atoms with van der Waals surface area (Å²) in [5.41, 5.74) is 3.95. The van der Waals surface area contributed by atoms with E-state index in [9.17, 15) is 18.0 Å². The standard InChI is InChI=1S/C20H18F3N3O2S/c1-12-3-4-13(2)17(9-12)26-18(27)10-15-11-29-19(25-15)24-14-5-7-16(8-6-14)28-20(21,22)23/h3-9,11H,10H2,1-2H3,(H,24,25)(H,26,27). The van der Waals surface area contributed by atoms with Gasteiger partial charge in [0.1, 0.15) is 5.75 Å². The van der Waals surface area contributed by atoms with Crippen LogP contribution in [0.15, 0.2) is 47.8 Å². The molecule has 0 atom stereocenters. The number of halogens is 3. The number of carbonyl (C=O) groups is 1. The van der Waals surface area contributed by atoms with Crippen molar-refractivity contribution in [3.63, 3.8) is 0 Å². The maximum Gasteiger partial charge on any atom is 0.573 e. The van der Waals surface area contributed by atoms with Gasteiger partial charge in [0.2, 0.25) is 5.91 Å². The molecule has 0 bridgehead atoms. The number of nitrogens with zero attached hydrogens (tertiary/aromatic N) is 1. The highest BCUT2D eigenvalue weighted by molar-refractivity contribution is 7.13. The lowest BCUT2D eigenvalue weighted by molar-refractivity contribution is -0.274. The second-order valence-electron chi connectivity index (χ2n) is 6.38. The number of amides is 1. The number of rotatable bonds is 6. The van der Waals surface area contributed by atoms with Crippen LogP contribution in [0.3, 0.4) is 0 Å². The number of carbonyl (C=O) groups excluding carboxylic acids is 1. The summed E-state index contributed by atoms with van der Waals surface area (Å²) in [6.07, 6.45) is -4.61. The van der Waals surface area contributed by atoms with Crippen LogP contribution in [0, 0.1) is 13.8 Å². The zero-order chi connectivity index (χ0) is 21.0. The minimum Gasteiger partial charge on any atom is -0.406 e. The Bertz CT molecular complexity index is 1000. The van der Waals surface area contributed by atoms with Gasteiger partial charge in [0.15, 0.2) is 5.13 Å². The van der Waals surface area contributed by atoms with Crippen LogP contribution in [-0.2, 0) is 11.2 Å². The van der Waals surface area contributed by atoms with Crippen molar-refractivity contribution in [3.8, 4) is 5.75 Å². The summed E-state index contributed by atoms with van der Waals surface area (Å²) in [6, 6.07) is 11.2. The summed E-state index contributed by atoms with van der Waals surface area (Å²) in [7, 11) is 0. The van der Waals surface area contributed by atoms with Crippen LogP contribution in [0.2, 0.25) is 0 Å². The van der Waals surface area contributed by atoms with Crippen molar-refractivity contribution in [2.24, 2.45) is 0 Å². The van der Waals surface area contributed by atoms with Crippen LogP contribution in [0.4, 0.5) is 29.7 Å². The Labute approximate surface area is 169 Å². The van der Waals surface area contributed by atoms with E-state index in [1.165, 1.54) is 35.6 Å². The van der Waals surface area contributed by atoms with Crippen molar-refractivity contribution < 1.29 is 22.7 Å². The summed E-state index contributed by atoms with van der Waals surface area (Å²) in [4.78, 5) is 16.6. The van der Waals surface area contributed by atoms with Crippen LogP contribution in [-0.4, -0.2) is 17.3 Å². The highest BCUT2D eigenvalue weighted by Gasteiger charge is 2.30. The number of aromatic nitrogens is 1. The molecule has 0 fully saturated rings. The minimum absolute atomic E-state index is 0.115. The lowest BCUT2D eigenvalue weighted by Gasteiger charge is -2.09. The molecule has 2 N–H and O–H groups in total. The number of thiazole rings is 1. The molecule has 0 radical (unpaired) electrons. The first-order valence-corrected chi connectivity index (χ1v) is 9.50. The molecule has 0 saturated carbocycles. The molecule has 1 amide bonds. The van der Waals surface area contributed by atoms with Gasteiger partial charge in [0.25, 0.3) is 0 Å². The maximum absolute atomic E-state index is 12.3. The van der Waals surface area contributed by atoms with Gasteiger partial charge in [-0.2, -0.15) is 0 Å². The Morgan fingerprint density at radius 3 is 2.55 bits per heavy atom. The van der Waals surface area contributed by atoms with Gasteiger partial charge < -0.3 is 15.4 Å². The first kappa shape index (κ1) is 20.7. The number of aryl methyl sites for hydroxylation is 2. The number of alkyl halides is 3. The molecule has 0 unspecified atom stereocenters. The molecule has 0 aliphatic carbocycles. The Kier molecular flexibility index (Phi) is 6.07. The zero-order valence-corrected chi connectivity index (χ0v) is 16.4. The van der Waals surface area contributed by atoms with Gasteiger partial charge in [-0.3, -0.25) is 4.79 Å². The zero-order valence-electron chi connectivity index (χ0n) is 15.6. The highest BCUT2D eigenvalue weighted by atomic mass is 32.1. The van der Waals surface area contributed by atoms with E-state index in [0.717, 1.165) is 16.8 Å². The SMILES string of the molecule is Cc1ccc(C)c(NC(=O)Cc2csc(Nc3ccc(OC(F)(F)F)cc3)n2)c1. The van der Waals surface area contributed by atoms with Gasteiger partial charge in [0.05, 0.1) is 12.1 Å². The van der Waals surface area contributed by atoms with E-state index in [0.29, 0.717) is 16.5 Å². The van der Waals surface area contributed by atoms with Gasteiger partial charge in [-0.1, -0.05) is 12.1 Å². The Balaban J connectivity index is 1.58. The summed E-state index contributed by atoms with van der Waals surface area (Å²) in [5.74, 6) is -0.477. The fraction of sp³-hybridized carbons (Fsp3) is 0.200. The minimum atomic E-state index is -4.73. The van der Waals surface area contributed by atoms with Crippen molar-refractivity contribution in [1.29, 1.82) is 0 Å². The van der Waals surface area contributed by atoms with E-state index in [1.54, 1.807) is 5.38 Å². The van der Waals surface area contributed by atoms with Crippen molar-refractivity contribution in [1.82, 2.24) is 4.98 Å². The third-order valence-electron chi connectivity index (χ3n) is 3.90. The smallest absolute Gasteiger partial charge is 0.406 e. The molecule has 152 valence electrons. The largest absolute Gasteiger partial charge is 0.573 e. The highest BCUT2D eigenvalue weighted by Crippen LogP contribution is 2.26. The number of nitrogens with one attached hydrogen (secondary N) is 2. The topological polar surface area (TPSA) is 63.2 Å². The lowest BCUT2D eigenvalue weighted by Crippen LogP contribution is -2.16. The van der Waals surface area contributed by atoms with Crippen molar-refractivity contribution in [2.75, 3.05) is 10.6 Å².